The molecule has 0 radical (unpaired) electrons. The van der Waals surface area contributed by atoms with Crippen molar-refractivity contribution < 1.29 is 4.42 Å². The zero-order valence-electron chi connectivity index (χ0n) is 25.4. The van der Waals surface area contributed by atoms with E-state index >= 15 is 0 Å². The molecule has 8 aromatic rings. The second-order valence-electron chi connectivity index (χ2n) is 12.0. The highest BCUT2D eigenvalue weighted by atomic mass is 16.3. The first-order valence-electron chi connectivity index (χ1n) is 16.0. The molecule has 7 aromatic carbocycles. The molecule has 1 heterocycles. The van der Waals surface area contributed by atoms with Crippen molar-refractivity contribution in [2.24, 2.45) is 0 Å². The molecule has 9 rings (SSSR count). The van der Waals surface area contributed by atoms with Gasteiger partial charge in [-0.2, -0.15) is 0 Å². The van der Waals surface area contributed by atoms with Gasteiger partial charge in [-0.1, -0.05) is 115 Å². The molecule has 0 bridgehead atoms. The third kappa shape index (κ3) is 4.50. The summed E-state index contributed by atoms with van der Waals surface area (Å²) in [6, 6.07) is 52.4. The highest BCUT2D eigenvalue weighted by Crippen LogP contribution is 2.39. The van der Waals surface area contributed by atoms with E-state index < -0.39 is 0 Å². The summed E-state index contributed by atoms with van der Waals surface area (Å²) in [5.74, 6) is 0. The molecule has 0 saturated carbocycles. The Morgan fingerprint density at radius 1 is 0.478 bits per heavy atom. The molecule has 0 fully saturated rings. The summed E-state index contributed by atoms with van der Waals surface area (Å²) in [6.07, 6.45) is 8.99. The zero-order chi connectivity index (χ0) is 30.5. The Hall–Kier alpha value is -5.86. The number of furan rings is 1. The van der Waals surface area contributed by atoms with Gasteiger partial charge in [0.05, 0.1) is 0 Å². The average molecular weight is 590 g/mol. The van der Waals surface area contributed by atoms with E-state index in [4.69, 9.17) is 4.42 Å². The van der Waals surface area contributed by atoms with Crippen molar-refractivity contribution >= 4 is 54.9 Å². The van der Waals surface area contributed by atoms with Crippen LogP contribution >= 0.6 is 0 Å². The minimum Gasteiger partial charge on any atom is -0.455 e. The molecular weight excluding hydrogens is 558 g/mol. The predicted octanol–water partition coefficient (Wildman–Crippen LogP) is 12.6. The second-order valence-corrected chi connectivity index (χ2v) is 12.0. The van der Waals surface area contributed by atoms with E-state index in [0.717, 1.165) is 46.2 Å². The van der Waals surface area contributed by atoms with Crippen LogP contribution in [0.4, 0.5) is 11.4 Å². The fraction of sp³-hybridized carbons (Fsp3) is 0.0455. The van der Waals surface area contributed by atoms with Gasteiger partial charge in [0.1, 0.15) is 11.2 Å². The lowest BCUT2D eigenvalue weighted by atomic mass is 9.96. The van der Waals surface area contributed by atoms with Gasteiger partial charge in [-0.3, -0.25) is 0 Å². The Kier molecular flexibility index (Phi) is 6.31. The van der Waals surface area contributed by atoms with Crippen molar-refractivity contribution in [1.82, 2.24) is 0 Å². The summed E-state index contributed by atoms with van der Waals surface area (Å²) >= 11 is 0. The first-order chi connectivity index (χ1) is 22.8. The first-order valence-corrected chi connectivity index (χ1v) is 16.0. The molecule has 0 aliphatic heterocycles. The van der Waals surface area contributed by atoms with Crippen LogP contribution in [0.25, 0.3) is 65.7 Å². The number of allylic oxidation sites excluding steroid dienone is 3. The Bertz CT molecular complexity index is 2450. The molecular formula is C44H31NO. The molecule has 1 aliphatic carbocycles. The summed E-state index contributed by atoms with van der Waals surface area (Å²) in [4.78, 5) is 2.36. The van der Waals surface area contributed by atoms with E-state index in [-0.39, 0.29) is 0 Å². The quantitative estimate of drug-likeness (QED) is 0.186. The van der Waals surface area contributed by atoms with Gasteiger partial charge < -0.3 is 9.32 Å². The zero-order valence-corrected chi connectivity index (χ0v) is 25.4. The summed E-state index contributed by atoms with van der Waals surface area (Å²) in [5, 5.41) is 7.12. The largest absolute Gasteiger partial charge is 0.455 e. The molecule has 0 N–H and O–H groups in total. The van der Waals surface area contributed by atoms with Gasteiger partial charge in [0, 0.05) is 33.2 Å². The molecule has 0 atom stereocenters. The van der Waals surface area contributed by atoms with Crippen molar-refractivity contribution in [2.45, 2.75) is 12.8 Å². The smallest absolute Gasteiger partial charge is 0.143 e. The van der Waals surface area contributed by atoms with E-state index in [2.05, 4.69) is 163 Å². The van der Waals surface area contributed by atoms with E-state index in [9.17, 15) is 0 Å². The van der Waals surface area contributed by atoms with Crippen LogP contribution in [-0.4, -0.2) is 0 Å². The van der Waals surface area contributed by atoms with Gasteiger partial charge in [0.15, 0.2) is 0 Å². The molecule has 1 aliphatic rings. The van der Waals surface area contributed by atoms with Gasteiger partial charge in [-0.25, -0.2) is 0 Å². The number of fused-ring (bicyclic) bond motifs is 7. The molecule has 0 spiro atoms. The van der Waals surface area contributed by atoms with Crippen LogP contribution in [0.1, 0.15) is 12.8 Å². The lowest BCUT2D eigenvalue weighted by Gasteiger charge is -2.28. The third-order valence-electron chi connectivity index (χ3n) is 9.27. The lowest BCUT2D eigenvalue weighted by molar-refractivity contribution is 0.673. The number of anilines is 2. The van der Waals surface area contributed by atoms with E-state index in [0.29, 0.717) is 0 Å². The van der Waals surface area contributed by atoms with Crippen LogP contribution in [0.3, 0.4) is 0 Å². The SMILES string of the molecule is C1=CC(N(c2ccc(-c3ccccc3)cc2)c2ccc(-c3ccc4c(ccc5ccc6c7ccccc7oc6c54)c3)cc2)=CCC1. The summed E-state index contributed by atoms with van der Waals surface area (Å²) in [5.41, 5.74) is 10.2. The fourth-order valence-electron chi connectivity index (χ4n) is 6.96. The summed E-state index contributed by atoms with van der Waals surface area (Å²) in [6.45, 7) is 0. The molecule has 2 nitrogen and oxygen atoms in total. The second kappa shape index (κ2) is 10.9. The number of benzene rings is 7. The minimum absolute atomic E-state index is 0.930. The molecule has 46 heavy (non-hydrogen) atoms. The monoisotopic (exact) mass is 589 g/mol. The first kappa shape index (κ1) is 26.5. The van der Waals surface area contributed by atoms with Crippen molar-refractivity contribution in [1.29, 1.82) is 0 Å². The van der Waals surface area contributed by atoms with E-state index in [1.54, 1.807) is 0 Å². The fourth-order valence-corrected chi connectivity index (χ4v) is 6.96. The van der Waals surface area contributed by atoms with Crippen molar-refractivity contribution in [2.75, 3.05) is 4.90 Å². The minimum atomic E-state index is 0.930. The molecule has 2 heteroatoms. The summed E-state index contributed by atoms with van der Waals surface area (Å²) in [7, 11) is 0. The van der Waals surface area contributed by atoms with E-state index in [1.165, 1.54) is 49.5 Å². The summed E-state index contributed by atoms with van der Waals surface area (Å²) < 4.78 is 6.43. The van der Waals surface area contributed by atoms with Crippen LogP contribution in [-0.2, 0) is 0 Å². The van der Waals surface area contributed by atoms with Gasteiger partial charge >= 0.3 is 0 Å². The molecule has 0 saturated heterocycles. The van der Waals surface area contributed by atoms with Crippen LogP contribution in [0.2, 0.25) is 0 Å². The lowest BCUT2D eigenvalue weighted by Crippen LogP contribution is -2.16. The maximum absolute atomic E-state index is 6.43. The maximum atomic E-state index is 6.43. The highest BCUT2D eigenvalue weighted by molar-refractivity contribution is 6.23. The van der Waals surface area contributed by atoms with Gasteiger partial charge in [-0.05, 0) is 99.8 Å². The Morgan fingerprint density at radius 2 is 1.11 bits per heavy atom. The maximum Gasteiger partial charge on any atom is 0.143 e. The van der Waals surface area contributed by atoms with Crippen molar-refractivity contribution in [3.63, 3.8) is 0 Å². The number of hydrogen-bond acceptors (Lipinski definition) is 2. The van der Waals surface area contributed by atoms with Crippen LogP contribution in [0.5, 0.6) is 0 Å². The number of para-hydroxylation sites is 1. The molecule has 1 aromatic heterocycles. The highest BCUT2D eigenvalue weighted by Gasteiger charge is 2.16. The Labute approximate surface area is 268 Å². The average Bonchev–Trinajstić information content (AvgIpc) is 3.52. The standard InChI is InChI=1S/C44H31NO/c1-3-9-30(10-4-1)31-17-23-37(24-18-31)45(36-11-5-2-6-12-36)38-25-19-32(20-26-38)34-22-27-39-35(29-34)16-15-33-21-28-41-40-13-7-8-14-42(40)46-44(41)43(33)39/h1,3-5,7-29H,2,6H2. The van der Waals surface area contributed by atoms with Crippen LogP contribution in [0, 0.1) is 0 Å². The van der Waals surface area contributed by atoms with Crippen LogP contribution in [0.15, 0.2) is 174 Å². The van der Waals surface area contributed by atoms with Gasteiger partial charge in [0.2, 0.25) is 0 Å². The van der Waals surface area contributed by atoms with Crippen molar-refractivity contribution in [3.05, 3.63) is 170 Å². The molecule has 0 amide bonds. The number of hydrogen-bond donors (Lipinski definition) is 0. The number of nitrogens with zero attached hydrogens (tertiary/aromatic N) is 1. The predicted molar refractivity (Wildman–Crippen MR) is 195 cm³/mol. The molecule has 0 unspecified atom stereocenters. The van der Waals surface area contributed by atoms with Gasteiger partial charge in [-0.15, -0.1) is 0 Å². The van der Waals surface area contributed by atoms with E-state index in [1.807, 2.05) is 6.07 Å². The molecule has 218 valence electrons. The number of rotatable bonds is 5. The van der Waals surface area contributed by atoms with Gasteiger partial charge in [0.25, 0.3) is 0 Å². The Balaban J connectivity index is 1.09. The topological polar surface area (TPSA) is 16.4 Å². The third-order valence-corrected chi connectivity index (χ3v) is 9.27. The Morgan fingerprint density at radius 3 is 1.87 bits per heavy atom. The normalized spacial score (nSPS) is 13.1. The van der Waals surface area contributed by atoms with Crippen molar-refractivity contribution in [3.8, 4) is 22.3 Å². The van der Waals surface area contributed by atoms with Crippen LogP contribution < -0.4 is 4.90 Å².